The number of rotatable bonds is 7. The molecular weight excluding hydrogens is 484 g/mol. The Morgan fingerprint density at radius 3 is 2.73 bits per heavy atom. The van der Waals surface area contributed by atoms with E-state index >= 15 is 0 Å². The fourth-order valence-electron chi connectivity index (χ4n) is 5.52. The van der Waals surface area contributed by atoms with Gasteiger partial charge >= 0.3 is 0 Å². The Bertz CT molecular complexity index is 1430. The first-order valence-electron chi connectivity index (χ1n) is 12.9. The van der Waals surface area contributed by atoms with E-state index in [0.29, 0.717) is 17.6 Å². The van der Waals surface area contributed by atoms with Crippen LogP contribution in [0.25, 0.3) is 22.7 Å². The normalized spacial score (nSPS) is 20.6. The number of pyridine rings is 1. The third-order valence-corrected chi connectivity index (χ3v) is 7.64. The van der Waals surface area contributed by atoms with E-state index in [-0.39, 0.29) is 18.0 Å². The van der Waals surface area contributed by atoms with Crippen LogP contribution in [0.5, 0.6) is 0 Å². The Morgan fingerprint density at radius 2 is 1.89 bits per heavy atom. The molecule has 2 aliphatic rings. The number of carbonyl (C=O) groups excluding carboxylic acids is 1. The summed E-state index contributed by atoms with van der Waals surface area (Å²) in [5, 5.41) is 13.7. The zero-order valence-corrected chi connectivity index (χ0v) is 21.3. The van der Waals surface area contributed by atoms with Gasteiger partial charge in [0.1, 0.15) is 6.04 Å². The molecule has 1 N–H and O–H groups in total. The molecule has 4 aromatic rings. The molecule has 2 atom stereocenters. The largest absolute Gasteiger partial charge is 0.330 e. The quantitative estimate of drug-likeness (QED) is 0.345. The van der Waals surface area contributed by atoms with Crippen LogP contribution in [0, 0.1) is 0 Å². The molecule has 0 unspecified atom stereocenters. The van der Waals surface area contributed by atoms with E-state index in [4.69, 9.17) is 11.6 Å². The van der Waals surface area contributed by atoms with Crippen LogP contribution < -0.4 is 5.32 Å². The maximum absolute atomic E-state index is 13.3. The summed E-state index contributed by atoms with van der Waals surface area (Å²) in [6.07, 6.45) is 13.8. The van der Waals surface area contributed by atoms with Crippen molar-refractivity contribution in [3.05, 3.63) is 89.3 Å². The van der Waals surface area contributed by atoms with Crippen molar-refractivity contribution in [2.75, 3.05) is 0 Å². The number of nitrogens with zero attached hydrogens (tertiary/aromatic N) is 5. The summed E-state index contributed by atoms with van der Waals surface area (Å²) in [6, 6.07) is 17.9. The molecule has 0 bridgehead atoms. The highest BCUT2D eigenvalue weighted by molar-refractivity contribution is 6.31. The molecule has 37 heavy (non-hydrogen) atoms. The molecule has 1 aliphatic heterocycles. The minimum atomic E-state index is -0.268. The van der Waals surface area contributed by atoms with E-state index in [1.165, 1.54) is 19.3 Å². The number of amides is 1. The van der Waals surface area contributed by atoms with E-state index in [1.807, 2.05) is 48.7 Å². The van der Waals surface area contributed by atoms with Crippen LogP contribution >= 0.6 is 11.6 Å². The van der Waals surface area contributed by atoms with Crippen molar-refractivity contribution in [1.29, 1.82) is 0 Å². The number of hydrogen-bond donors (Lipinski definition) is 1. The van der Waals surface area contributed by atoms with Crippen molar-refractivity contribution in [1.82, 2.24) is 30.2 Å². The lowest BCUT2D eigenvalue weighted by atomic mass is 9.85. The minimum Gasteiger partial charge on any atom is -0.330 e. The fourth-order valence-corrected chi connectivity index (χ4v) is 5.68. The first-order valence-corrected chi connectivity index (χ1v) is 13.3. The van der Waals surface area contributed by atoms with Gasteiger partial charge in [0.25, 0.3) is 0 Å². The number of likely N-dealkylation sites (tertiary alicyclic amines) is 1. The zero-order valence-electron chi connectivity index (χ0n) is 20.5. The van der Waals surface area contributed by atoms with E-state index in [0.717, 1.165) is 40.7 Å². The molecule has 0 radical (unpaired) electrons. The second-order valence-electron chi connectivity index (χ2n) is 9.80. The number of nitrogens with one attached hydrogen (secondary N) is 1. The number of halogens is 1. The molecule has 0 spiro atoms. The second kappa shape index (κ2) is 10.4. The summed E-state index contributed by atoms with van der Waals surface area (Å²) in [5.74, 6) is 0.180. The van der Waals surface area contributed by atoms with Crippen LogP contribution in [-0.4, -0.2) is 48.9 Å². The average molecular weight is 513 g/mol. The highest BCUT2D eigenvalue weighted by Gasteiger charge is 2.48. The summed E-state index contributed by atoms with van der Waals surface area (Å²) in [5.41, 5.74) is 3.59. The lowest BCUT2D eigenvalue weighted by molar-refractivity contribution is -0.153. The number of β-lactam (4-membered cyclic amide) rings is 1. The smallest absolute Gasteiger partial charge is 0.243 e. The van der Waals surface area contributed by atoms with Gasteiger partial charge in [-0.3, -0.25) is 15.1 Å². The molecule has 188 valence electrons. The Labute approximate surface area is 221 Å². The molecule has 1 aliphatic carbocycles. The van der Waals surface area contributed by atoms with Gasteiger partial charge in [-0.05, 0) is 42.7 Å². The molecule has 7 nitrogen and oxygen atoms in total. The van der Waals surface area contributed by atoms with Crippen LogP contribution in [0.3, 0.4) is 0 Å². The third-order valence-electron chi connectivity index (χ3n) is 7.41. The van der Waals surface area contributed by atoms with Crippen LogP contribution in [-0.2, 0) is 11.3 Å². The minimum absolute atomic E-state index is 0.0275. The molecule has 1 amide bonds. The van der Waals surface area contributed by atoms with Crippen LogP contribution in [0.2, 0.25) is 5.02 Å². The third kappa shape index (κ3) is 4.89. The van der Waals surface area contributed by atoms with Gasteiger partial charge in [-0.15, -0.1) is 5.10 Å². The molecule has 2 aromatic carbocycles. The van der Waals surface area contributed by atoms with Crippen molar-refractivity contribution in [3.8, 4) is 5.69 Å². The lowest BCUT2D eigenvalue weighted by Crippen LogP contribution is -2.71. The van der Waals surface area contributed by atoms with Gasteiger partial charge in [0.2, 0.25) is 5.91 Å². The zero-order chi connectivity index (χ0) is 25.2. The van der Waals surface area contributed by atoms with E-state index < -0.39 is 0 Å². The van der Waals surface area contributed by atoms with Gasteiger partial charge in [0.05, 0.1) is 29.1 Å². The highest BCUT2D eigenvalue weighted by Crippen LogP contribution is 2.32. The van der Waals surface area contributed by atoms with Crippen LogP contribution in [0.1, 0.15) is 43.4 Å². The van der Waals surface area contributed by atoms with E-state index in [1.54, 1.807) is 10.9 Å². The van der Waals surface area contributed by atoms with Crippen molar-refractivity contribution < 1.29 is 4.79 Å². The summed E-state index contributed by atoms with van der Waals surface area (Å²) >= 11 is 6.13. The van der Waals surface area contributed by atoms with Crippen molar-refractivity contribution >= 4 is 34.5 Å². The van der Waals surface area contributed by atoms with Gasteiger partial charge < -0.3 is 4.90 Å². The molecule has 1 saturated heterocycles. The van der Waals surface area contributed by atoms with Crippen LogP contribution in [0.15, 0.2) is 73.1 Å². The predicted molar refractivity (Wildman–Crippen MR) is 145 cm³/mol. The second-order valence-corrected chi connectivity index (χ2v) is 10.2. The van der Waals surface area contributed by atoms with Crippen LogP contribution in [0.4, 0.5) is 0 Å². The molecular formula is C29H29ClN6O. The van der Waals surface area contributed by atoms with Crippen molar-refractivity contribution in [3.63, 3.8) is 0 Å². The molecule has 6 rings (SSSR count). The van der Waals surface area contributed by atoms with Crippen molar-refractivity contribution in [2.24, 2.45) is 0 Å². The van der Waals surface area contributed by atoms with Gasteiger partial charge in [-0.25, -0.2) is 4.68 Å². The number of carbonyl (C=O) groups is 1. The standard InChI is InChI=1S/C29H29ClN6O/c30-21-12-13-24-25(17-21)31-16-15-26(24)35-19-22(33-34-35)18-32-28-27(14-11-20-7-3-1-4-8-20)36(29(28)37)23-9-5-2-6-10-23/h1,3-4,7-8,11-17,19,23,27-28,32H,2,5-6,9-10,18H2/b14-11+/t27-,28+/m1/s1. The average Bonchev–Trinajstić information content (AvgIpc) is 3.40. The highest BCUT2D eigenvalue weighted by atomic mass is 35.5. The maximum Gasteiger partial charge on any atom is 0.243 e. The monoisotopic (exact) mass is 512 g/mol. The summed E-state index contributed by atoms with van der Waals surface area (Å²) < 4.78 is 1.75. The SMILES string of the molecule is O=C1[C@@H](NCc2cn(-c3ccnc4cc(Cl)ccc34)nn2)[C@@H](/C=C/c2ccccc2)N1C1CCCCC1. The summed E-state index contributed by atoms with van der Waals surface area (Å²) in [4.78, 5) is 19.8. The Balaban J connectivity index is 1.18. The van der Waals surface area contributed by atoms with Gasteiger partial charge in [0, 0.05) is 29.2 Å². The van der Waals surface area contributed by atoms with Crippen molar-refractivity contribution in [2.45, 2.75) is 56.8 Å². The number of benzene rings is 2. The maximum atomic E-state index is 13.3. The fraction of sp³-hybridized carbons (Fsp3) is 0.310. The Morgan fingerprint density at radius 1 is 1.05 bits per heavy atom. The predicted octanol–water partition coefficient (Wildman–Crippen LogP) is 5.18. The molecule has 1 saturated carbocycles. The summed E-state index contributed by atoms with van der Waals surface area (Å²) in [6.45, 7) is 0.458. The number of aromatic nitrogens is 4. The lowest BCUT2D eigenvalue weighted by Gasteiger charge is -2.51. The number of hydrogen-bond acceptors (Lipinski definition) is 5. The topological polar surface area (TPSA) is 75.9 Å². The number of fused-ring (bicyclic) bond motifs is 1. The molecule has 2 aromatic heterocycles. The molecule has 3 heterocycles. The molecule has 2 fully saturated rings. The van der Waals surface area contributed by atoms with Gasteiger partial charge in [-0.1, -0.05) is 78.6 Å². The first-order chi connectivity index (χ1) is 18.2. The summed E-state index contributed by atoms with van der Waals surface area (Å²) in [7, 11) is 0. The molecule has 8 heteroatoms. The van der Waals surface area contributed by atoms with Gasteiger partial charge in [-0.2, -0.15) is 0 Å². The van der Waals surface area contributed by atoms with E-state index in [2.05, 4.69) is 49.8 Å². The Hall–Kier alpha value is -3.55. The first kappa shape index (κ1) is 23.8. The van der Waals surface area contributed by atoms with Gasteiger partial charge in [0.15, 0.2) is 0 Å². The van der Waals surface area contributed by atoms with E-state index in [9.17, 15) is 4.79 Å². The Kier molecular flexibility index (Phi) is 6.72.